The highest BCUT2D eigenvalue weighted by Crippen LogP contribution is 2.63. The molecular formula is C22H30O6. The van der Waals surface area contributed by atoms with E-state index in [0.717, 1.165) is 18.4 Å². The number of cyclic esters (lactones) is 1. The molecule has 1 aliphatic heterocycles. The minimum atomic E-state index is -0.811. The van der Waals surface area contributed by atoms with Crippen LogP contribution in [-0.2, 0) is 28.6 Å². The van der Waals surface area contributed by atoms with Crippen LogP contribution in [0, 0.1) is 22.7 Å². The van der Waals surface area contributed by atoms with E-state index in [1.54, 1.807) is 6.08 Å². The van der Waals surface area contributed by atoms with Gasteiger partial charge in [0.1, 0.15) is 6.61 Å². The third kappa shape index (κ3) is 3.07. The van der Waals surface area contributed by atoms with E-state index in [2.05, 4.69) is 6.58 Å². The Morgan fingerprint density at radius 2 is 1.96 bits per heavy atom. The highest BCUT2D eigenvalue weighted by molar-refractivity contribution is 5.90. The van der Waals surface area contributed by atoms with Gasteiger partial charge in [0.2, 0.25) is 0 Å². The van der Waals surface area contributed by atoms with Crippen LogP contribution in [0.5, 0.6) is 0 Å². The van der Waals surface area contributed by atoms with E-state index in [-0.39, 0.29) is 29.7 Å². The molecule has 4 atom stereocenters. The summed E-state index contributed by atoms with van der Waals surface area (Å²) in [6, 6.07) is 0. The van der Waals surface area contributed by atoms with Gasteiger partial charge in [-0.1, -0.05) is 18.6 Å². The van der Waals surface area contributed by atoms with Crippen LogP contribution in [0.15, 0.2) is 23.8 Å². The van der Waals surface area contributed by atoms with Crippen molar-refractivity contribution in [2.75, 3.05) is 20.8 Å². The average molecular weight is 390 g/mol. The molecule has 1 heterocycles. The second kappa shape index (κ2) is 7.72. The number of allylic oxidation sites excluding steroid dienone is 1. The maximum Gasteiger partial charge on any atom is 0.334 e. The molecule has 0 bridgehead atoms. The summed E-state index contributed by atoms with van der Waals surface area (Å²) in [5.41, 5.74) is 0.115. The maximum absolute atomic E-state index is 13.2. The molecule has 6 nitrogen and oxygen atoms in total. The molecule has 3 aliphatic rings. The number of hydrogen-bond acceptors (Lipinski definition) is 6. The molecule has 3 rings (SSSR count). The molecule has 0 amide bonds. The van der Waals surface area contributed by atoms with Crippen LogP contribution in [0.25, 0.3) is 0 Å². The lowest BCUT2D eigenvalue weighted by atomic mass is 9.45. The molecule has 4 unspecified atom stereocenters. The third-order valence-corrected chi connectivity index (χ3v) is 7.27. The molecule has 0 aromatic heterocycles. The van der Waals surface area contributed by atoms with E-state index < -0.39 is 10.8 Å². The Bertz CT molecular complexity index is 723. The van der Waals surface area contributed by atoms with E-state index in [1.807, 2.05) is 6.92 Å². The van der Waals surface area contributed by atoms with Crippen molar-refractivity contribution in [3.63, 3.8) is 0 Å². The Kier molecular flexibility index (Phi) is 5.69. The number of methoxy groups -OCH3 is 2. The molecule has 0 radical (unpaired) electrons. The van der Waals surface area contributed by atoms with Gasteiger partial charge in [-0.2, -0.15) is 0 Å². The van der Waals surface area contributed by atoms with Crippen molar-refractivity contribution >= 4 is 17.9 Å². The van der Waals surface area contributed by atoms with Gasteiger partial charge in [-0.25, -0.2) is 4.79 Å². The van der Waals surface area contributed by atoms with Gasteiger partial charge < -0.3 is 14.2 Å². The first-order valence-corrected chi connectivity index (χ1v) is 10.0. The zero-order chi connectivity index (χ0) is 20.5. The van der Waals surface area contributed by atoms with Crippen LogP contribution in [-0.4, -0.2) is 38.7 Å². The number of rotatable bonds is 5. The summed E-state index contributed by atoms with van der Waals surface area (Å²) in [5.74, 6) is -1.14. The quantitative estimate of drug-likeness (QED) is 0.407. The Labute approximate surface area is 166 Å². The molecule has 0 N–H and O–H groups in total. The molecule has 0 aromatic rings. The van der Waals surface area contributed by atoms with E-state index in [9.17, 15) is 14.4 Å². The van der Waals surface area contributed by atoms with Crippen LogP contribution < -0.4 is 0 Å². The first-order valence-electron chi connectivity index (χ1n) is 10.0. The van der Waals surface area contributed by atoms with E-state index in [1.165, 1.54) is 14.2 Å². The van der Waals surface area contributed by atoms with Crippen molar-refractivity contribution in [1.82, 2.24) is 0 Å². The van der Waals surface area contributed by atoms with Crippen molar-refractivity contribution < 1.29 is 28.6 Å². The van der Waals surface area contributed by atoms with Crippen LogP contribution >= 0.6 is 0 Å². The minimum absolute atomic E-state index is 0.141. The standard InChI is InChI=1S/C22H30O6/c1-14-6-9-17-21(2,19(24)26-3)11-5-12-22(17,20(25)27-4)16(14)8-7-15-10-13-28-18(15)23/h10,16-17H,1,5-9,11-13H2,2-4H3. The maximum atomic E-state index is 13.2. The Hall–Kier alpha value is -2.11. The van der Waals surface area contributed by atoms with Crippen molar-refractivity contribution in [2.24, 2.45) is 22.7 Å². The monoisotopic (exact) mass is 390 g/mol. The van der Waals surface area contributed by atoms with Crippen molar-refractivity contribution in [3.8, 4) is 0 Å². The second-order valence-electron chi connectivity index (χ2n) is 8.46. The lowest BCUT2D eigenvalue weighted by Gasteiger charge is -2.56. The van der Waals surface area contributed by atoms with E-state index >= 15 is 0 Å². The van der Waals surface area contributed by atoms with Gasteiger partial charge >= 0.3 is 17.9 Å². The van der Waals surface area contributed by atoms with E-state index in [0.29, 0.717) is 44.3 Å². The van der Waals surface area contributed by atoms with Gasteiger partial charge in [0, 0.05) is 5.57 Å². The number of fused-ring (bicyclic) bond motifs is 1. The summed E-state index contributed by atoms with van der Waals surface area (Å²) in [6.07, 6.45) is 6.50. The van der Waals surface area contributed by atoms with Gasteiger partial charge in [0.25, 0.3) is 0 Å². The number of carbonyl (C=O) groups is 3. The lowest BCUT2D eigenvalue weighted by Crippen LogP contribution is -2.58. The smallest absolute Gasteiger partial charge is 0.334 e. The molecular weight excluding hydrogens is 360 g/mol. The average Bonchev–Trinajstić information content (AvgIpc) is 3.10. The SMILES string of the molecule is C=C1CCC2C(C)(C(=O)OC)CCCC2(C(=O)OC)C1CCC1=CCOC1=O. The van der Waals surface area contributed by atoms with E-state index in [4.69, 9.17) is 14.2 Å². The topological polar surface area (TPSA) is 78.9 Å². The van der Waals surface area contributed by atoms with Crippen molar-refractivity contribution in [1.29, 1.82) is 0 Å². The summed E-state index contributed by atoms with van der Waals surface area (Å²) in [4.78, 5) is 37.8. The minimum Gasteiger partial charge on any atom is -0.469 e. The largest absolute Gasteiger partial charge is 0.469 e. The number of ether oxygens (including phenoxy) is 3. The first kappa shape index (κ1) is 20.6. The zero-order valence-corrected chi connectivity index (χ0v) is 17.0. The van der Waals surface area contributed by atoms with Crippen molar-refractivity contribution in [2.45, 2.75) is 51.9 Å². The fourth-order valence-electron chi connectivity index (χ4n) is 5.94. The summed E-state index contributed by atoms with van der Waals surface area (Å²) in [5, 5.41) is 0. The fraction of sp³-hybridized carbons (Fsp3) is 0.682. The normalized spacial score (nSPS) is 34.9. The van der Waals surface area contributed by atoms with Gasteiger partial charge in [0.15, 0.2) is 0 Å². The third-order valence-electron chi connectivity index (χ3n) is 7.27. The summed E-state index contributed by atoms with van der Waals surface area (Å²) >= 11 is 0. The predicted octanol–water partition coefficient (Wildman–Crippen LogP) is 3.35. The molecule has 154 valence electrons. The molecule has 2 aliphatic carbocycles. The molecule has 6 heteroatoms. The number of hydrogen-bond donors (Lipinski definition) is 0. The fourth-order valence-corrected chi connectivity index (χ4v) is 5.94. The zero-order valence-electron chi connectivity index (χ0n) is 17.0. The van der Waals surface area contributed by atoms with Crippen LogP contribution in [0.2, 0.25) is 0 Å². The highest BCUT2D eigenvalue weighted by Gasteiger charge is 2.64. The first-order chi connectivity index (χ1) is 13.3. The summed E-state index contributed by atoms with van der Waals surface area (Å²) in [6.45, 7) is 6.50. The molecule has 2 fully saturated rings. The Morgan fingerprint density at radius 3 is 2.57 bits per heavy atom. The molecule has 0 aromatic carbocycles. The van der Waals surface area contributed by atoms with Gasteiger partial charge in [-0.05, 0) is 63.4 Å². The molecule has 28 heavy (non-hydrogen) atoms. The van der Waals surface area contributed by atoms with Gasteiger partial charge in [-0.3, -0.25) is 9.59 Å². The van der Waals surface area contributed by atoms with Crippen LogP contribution in [0.1, 0.15) is 51.9 Å². The van der Waals surface area contributed by atoms with Crippen LogP contribution in [0.4, 0.5) is 0 Å². The van der Waals surface area contributed by atoms with Crippen molar-refractivity contribution in [3.05, 3.63) is 23.8 Å². The Morgan fingerprint density at radius 1 is 1.25 bits per heavy atom. The number of esters is 3. The molecule has 2 saturated carbocycles. The lowest BCUT2D eigenvalue weighted by molar-refractivity contribution is -0.185. The number of carbonyl (C=O) groups excluding carboxylic acids is 3. The summed E-state index contributed by atoms with van der Waals surface area (Å²) < 4.78 is 15.4. The Balaban J connectivity index is 1.99. The van der Waals surface area contributed by atoms with Crippen LogP contribution in [0.3, 0.4) is 0 Å². The van der Waals surface area contributed by atoms with Gasteiger partial charge in [-0.15, -0.1) is 0 Å². The highest BCUT2D eigenvalue weighted by atomic mass is 16.5. The second-order valence-corrected chi connectivity index (χ2v) is 8.46. The summed E-state index contributed by atoms with van der Waals surface area (Å²) in [7, 11) is 2.81. The predicted molar refractivity (Wildman–Crippen MR) is 102 cm³/mol. The van der Waals surface area contributed by atoms with Gasteiger partial charge in [0.05, 0.1) is 25.0 Å². The molecule has 0 saturated heterocycles. The molecule has 0 spiro atoms.